The van der Waals surface area contributed by atoms with Gasteiger partial charge in [-0.2, -0.15) is 0 Å². The molecule has 7 aromatic carbocycles. The van der Waals surface area contributed by atoms with Crippen LogP contribution in [0.1, 0.15) is 0 Å². The van der Waals surface area contributed by atoms with Gasteiger partial charge in [-0.15, -0.1) is 0 Å². The molecule has 5 heteroatoms. The van der Waals surface area contributed by atoms with Crippen LogP contribution < -0.4 is 15.9 Å². The molecule has 10 rings (SSSR count). The minimum absolute atomic E-state index is 0.571. The molecule has 0 fully saturated rings. The van der Waals surface area contributed by atoms with Gasteiger partial charge in [0.25, 0.3) is 0 Å². The van der Waals surface area contributed by atoms with Crippen molar-refractivity contribution in [2.24, 2.45) is 0 Å². The third-order valence-electron chi connectivity index (χ3n) is 9.81. The monoisotopic (exact) mass is 645 g/mol. The van der Waals surface area contributed by atoms with Gasteiger partial charge in [-0.3, -0.25) is 4.57 Å². The highest BCUT2D eigenvalue weighted by molar-refractivity contribution is 7.87. The molecule has 1 atom stereocenters. The molecule has 230 valence electrons. The van der Waals surface area contributed by atoms with E-state index >= 15 is 4.57 Å². The summed E-state index contributed by atoms with van der Waals surface area (Å²) in [5.74, 6) is 0.571. The lowest BCUT2D eigenvalue weighted by Gasteiger charge is -2.17. The average molecular weight is 646 g/mol. The first kappa shape index (κ1) is 28.0. The van der Waals surface area contributed by atoms with Gasteiger partial charge in [0.05, 0.1) is 22.4 Å². The lowest BCUT2D eigenvalue weighted by atomic mass is 9.97. The lowest BCUT2D eigenvalue weighted by Crippen LogP contribution is -2.21. The zero-order chi connectivity index (χ0) is 32.5. The Labute approximate surface area is 283 Å². The van der Waals surface area contributed by atoms with E-state index in [1.165, 1.54) is 0 Å². The molecule has 0 N–H and O–H groups in total. The van der Waals surface area contributed by atoms with E-state index in [1.54, 1.807) is 0 Å². The van der Waals surface area contributed by atoms with Crippen LogP contribution in [-0.2, 0) is 4.57 Å². The summed E-state index contributed by atoms with van der Waals surface area (Å²) in [7, 11) is -3.30. The summed E-state index contributed by atoms with van der Waals surface area (Å²) < 4.78 is 18.3. The van der Waals surface area contributed by atoms with Crippen LogP contribution in [0.15, 0.2) is 170 Å². The summed E-state index contributed by atoms with van der Waals surface area (Å²) in [5, 5.41) is 6.88. The molecule has 0 saturated carbocycles. The van der Waals surface area contributed by atoms with Gasteiger partial charge in [0, 0.05) is 43.4 Å². The SMILES string of the molecule is O=P1(c2ccccc2)c2ccc3ccccc3c2-c2ccc3c(c21)c1ccccc1n3-c1nc(-c2ccccc2)cc(-c2ccccc2)n1. The Morgan fingerprint density at radius 1 is 0.510 bits per heavy atom. The first-order valence-electron chi connectivity index (χ1n) is 16.5. The number of hydrogen-bond donors (Lipinski definition) is 0. The van der Waals surface area contributed by atoms with Gasteiger partial charge in [-0.1, -0.05) is 146 Å². The van der Waals surface area contributed by atoms with Crippen molar-refractivity contribution in [3.05, 3.63) is 170 Å². The van der Waals surface area contributed by atoms with Crippen LogP contribution in [0.4, 0.5) is 0 Å². The highest BCUT2D eigenvalue weighted by atomic mass is 31.2. The topological polar surface area (TPSA) is 47.8 Å². The van der Waals surface area contributed by atoms with Gasteiger partial charge < -0.3 is 4.57 Å². The zero-order valence-corrected chi connectivity index (χ0v) is 27.3. The molecule has 1 aliphatic rings. The highest BCUT2D eigenvalue weighted by Crippen LogP contribution is 2.56. The molecule has 2 aromatic heterocycles. The molecule has 0 amide bonds. The number of para-hydroxylation sites is 1. The summed E-state index contributed by atoms with van der Waals surface area (Å²) in [6, 6.07) is 57.9. The molecular weight excluding hydrogens is 617 g/mol. The van der Waals surface area contributed by atoms with E-state index in [4.69, 9.17) is 9.97 Å². The number of hydrogen-bond acceptors (Lipinski definition) is 3. The Morgan fingerprint density at radius 3 is 1.80 bits per heavy atom. The molecule has 49 heavy (non-hydrogen) atoms. The first-order chi connectivity index (χ1) is 24.2. The van der Waals surface area contributed by atoms with Crippen LogP contribution in [0.3, 0.4) is 0 Å². The van der Waals surface area contributed by atoms with Crippen LogP contribution in [0.2, 0.25) is 0 Å². The van der Waals surface area contributed by atoms with Crippen LogP contribution in [0.5, 0.6) is 0 Å². The van der Waals surface area contributed by atoms with Gasteiger partial charge in [-0.05, 0) is 40.6 Å². The standard InChI is InChI=1S/C44H28N3OP/c48-49(32-19-8-3-9-20-32)40-27-24-29-14-10-11-21-33(29)41(40)35-25-26-39-42(43(35)49)34-22-12-13-23-38(34)47(39)44-45-36(30-15-4-1-5-16-30)28-37(46-44)31-17-6-2-7-18-31/h1-28H. The maximum absolute atomic E-state index is 16.1. The van der Waals surface area contributed by atoms with Gasteiger partial charge in [0.2, 0.25) is 5.95 Å². The molecule has 3 heterocycles. The molecule has 0 spiro atoms. The van der Waals surface area contributed by atoms with E-state index in [9.17, 15) is 0 Å². The van der Waals surface area contributed by atoms with Crippen molar-refractivity contribution in [1.29, 1.82) is 0 Å². The average Bonchev–Trinajstić information content (AvgIpc) is 3.66. The maximum Gasteiger partial charge on any atom is 0.235 e. The normalized spacial score (nSPS) is 15.1. The molecule has 0 radical (unpaired) electrons. The third kappa shape index (κ3) is 4.08. The minimum Gasteiger partial charge on any atom is -0.309 e. The number of benzene rings is 7. The second-order valence-corrected chi connectivity index (χ2v) is 15.2. The molecule has 1 unspecified atom stereocenters. The number of fused-ring (bicyclic) bond motifs is 9. The van der Waals surface area contributed by atoms with E-state index in [-0.39, 0.29) is 0 Å². The summed E-state index contributed by atoms with van der Waals surface area (Å²) in [6.07, 6.45) is 0. The van der Waals surface area contributed by atoms with Crippen molar-refractivity contribution in [2.75, 3.05) is 0 Å². The Balaban J connectivity index is 1.34. The van der Waals surface area contributed by atoms with E-state index in [1.807, 2.05) is 66.7 Å². The van der Waals surface area contributed by atoms with Crippen molar-refractivity contribution < 1.29 is 4.57 Å². The van der Waals surface area contributed by atoms with Crippen molar-refractivity contribution in [3.63, 3.8) is 0 Å². The second kappa shape index (κ2) is 10.7. The van der Waals surface area contributed by atoms with Crippen molar-refractivity contribution >= 4 is 55.6 Å². The summed E-state index contributed by atoms with van der Waals surface area (Å²) in [4.78, 5) is 10.4. The van der Waals surface area contributed by atoms with Gasteiger partial charge >= 0.3 is 0 Å². The van der Waals surface area contributed by atoms with Crippen LogP contribution in [-0.4, -0.2) is 14.5 Å². The largest absolute Gasteiger partial charge is 0.309 e. The maximum atomic E-state index is 16.1. The predicted molar refractivity (Wildman–Crippen MR) is 203 cm³/mol. The number of aromatic nitrogens is 3. The van der Waals surface area contributed by atoms with Gasteiger partial charge in [0.1, 0.15) is 0 Å². The lowest BCUT2D eigenvalue weighted by molar-refractivity contribution is 0.593. The number of nitrogens with zero attached hydrogens (tertiary/aromatic N) is 3. The third-order valence-corrected chi connectivity index (χ3v) is 13.0. The summed E-state index contributed by atoms with van der Waals surface area (Å²) in [5.41, 5.74) is 7.69. The predicted octanol–water partition coefficient (Wildman–Crippen LogP) is 9.68. The van der Waals surface area contributed by atoms with Crippen molar-refractivity contribution in [3.8, 4) is 39.6 Å². The van der Waals surface area contributed by atoms with E-state index in [2.05, 4.69) is 108 Å². The zero-order valence-electron chi connectivity index (χ0n) is 26.4. The fraction of sp³-hybridized carbons (Fsp3) is 0. The fourth-order valence-corrected chi connectivity index (χ4v) is 11.0. The molecule has 0 aliphatic carbocycles. The molecule has 0 saturated heterocycles. The first-order valence-corrected chi connectivity index (χ1v) is 18.2. The quantitative estimate of drug-likeness (QED) is 0.179. The minimum atomic E-state index is -3.30. The second-order valence-electron chi connectivity index (χ2n) is 12.5. The van der Waals surface area contributed by atoms with Crippen LogP contribution in [0, 0.1) is 0 Å². The summed E-state index contributed by atoms with van der Waals surface area (Å²) >= 11 is 0. The highest BCUT2D eigenvalue weighted by Gasteiger charge is 2.43. The molecule has 1 aliphatic heterocycles. The van der Waals surface area contributed by atoms with E-state index in [0.29, 0.717) is 5.95 Å². The van der Waals surface area contributed by atoms with Gasteiger partial charge in [-0.25, -0.2) is 9.97 Å². The molecular formula is C44H28N3OP. The van der Waals surface area contributed by atoms with E-state index in [0.717, 1.165) is 82.1 Å². The van der Waals surface area contributed by atoms with Crippen LogP contribution in [0.25, 0.3) is 72.2 Å². The Bertz CT molecular complexity index is 2730. The fourth-order valence-electron chi connectivity index (χ4n) is 7.67. The summed E-state index contributed by atoms with van der Waals surface area (Å²) in [6.45, 7) is 0. The Morgan fingerprint density at radius 2 is 1.10 bits per heavy atom. The molecule has 9 aromatic rings. The van der Waals surface area contributed by atoms with Crippen LogP contribution >= 0.6 is 7.14 Å². The smallest absolute Gasteiger partial charge is 0.235 e. The van der Waals surface area contributed by atoms with Gasteiger partial charge in [0.15, 0.2) is 7.14 Å². The molecule has 0 bridgehead atoms. The van der Waals surface area contributed by atoms with E-state index < -0.39 is 7.14 Å². The molecule has 4 nitrogen and oxygen atoms in total. The van der Waals surface area contributed by atoms with Crippen molar-refractivity contribution in [2.45, 2.75) is 0 Å². The Hall–Kier alpha value is -6.09. The number of rotatable bonds is 4. The van der Waals surface area contributed by atoms with Crippen molar-refractivity contribution in [1.82, 2.24) is 14.5 Å². The Kier molecular flexibility index (Phi) is 6.12.